The molecule has 0 spiro atoms. The third-order valence-corrected chi connectivity index (χ3v) is 6.67. The van der Waals surface area contributed by atoms with Gasteiger partial charge in [0.1, 0.15) is 4.90 Å². The summed E-state index contributed by atoms with van der Waals surface area (Å²) in [5, 5.41) is 0.223. The Balaban J connectivity index is 2.35. The van der Waals surface area contributed by atoms with Gasteiger partial charge in [0.15, 0.2) is 0 Å². The van der Waals surface area contributed by atoms with Crippen molar-refractivity contribution in [2.75, 3.05) is 19.7 Å². The lowest BCUT2D eigenvalue weighted by Gasteiger charge is -2.24. The van der Waals surface area contributed by atoms with Crippen LogP contribution in [0, 0.1) is 0 Å². The van der Waals surface area contributed by atoms with Crippen LogP contribution in [0.15, 0.2) is 21.5 Å². The predicted molar refractivity (Wildman–Crippen MR) is 87.6 cm³/mol. The Labute approximate surface area is 143 Å². The van der Waals surface area contributed by atoms with Crippen molar-refractivity contribution in [1.29, 1.82) is 0 Å². The van der Waals surface area contributed by atoms with Gasteiger partial charge in [0.25, 0.3) is 0 Å². The summed E-state index contributed by atoms with van der Waals surface area (Å²) in [6.07, 6.45) is 1.77. The number of hydrogen-bond acceptors (Lipinski definition) is 3. The fourth-order valence-corrected chi connectivity index (χ4v) is 5.68. The summed E-state index contributed by atoms with van der Waals surface area (Å²) in [7, 11) is -3.75. The first-order valence-electron chi connectivity index (χ1n) is 6.62. The third kappa shape index (κ3) is 3.92. The van der Waals surface area contributed by atoms with Crippen LogP contribution < -0.4 is 0 Å². The first-order valence-corrected chi connectivity index (χ1v) is 9.61. The van der Waals surface area contributed by atoms with E-state index in [1.807, 2.05) is 0 Å². The molecule has 1 aromatic rings. The normalized spacial score (nSPS) is 19.4. The molecule has 1 saturated heterocycles. The number of ether oxygens (including phenoxy) is 1. The van der Waals surface area contributed by atoms with Crippen molar-refractivity contribution in [2.24, 2.45) is 0 Å². The van der Waals surface area contributed by atoms with Gasteiger partial charge in [-0.05, 0) is 25.0 Å². The van der Waals surface area contributed by atoms with Gasteiger partial charge in [-0.1, -0.05) is 46.1 Å². The van der Waals surface area contributed by atoms with Gasteiger partial charge >= 0.3 is 0 Å². The molecule has 0 N–H and O–H groups in total. The Morgan fingerprint density at radius 2 is 2.00 bits per heavy atom. The number of sulfonamides is 1. The molecule has 1 aliphatic rings. The Kier molecular flexibility index (Phi) is 5.96. The fourth-order valence-electron chi connectivity index (χ4n) is 2.32. The molecule has 0 aliphatic carbocycles. The average Bonchev–Trinajstić information content (AvgIpc) is 2.86. The Morgan fingerprint density at radius 3 is 2.48 bits per heavy atom. The summed E-state index contributed by atoms with van der Waals surface area (Å²) in [6, 6.07) is 3.06. The SMILES string of the molecule is CCN(CC1CCCO1)S(=O)(=O)c1c(Cl)cc(Br)cc1Cl. The Hall–Kier alpha value is 0.150. The minimum atomic E-state index is -3.75. The van der Waals surface area contributed by atoms with Gasteiger partial charge in [0.05, 0.1) is 16.1 Å². The second-order valence-corrected chi connectivity index (χ2v) is 8.39. The number of halogens is 3. The van der Waals surface area contributed by atoms with Crippen molar-refractivity contribution in [3.05, 3.63) is 26.7 Å². The third-order valence-electron chi connectivity index (χ3n) is 3.34. The predicted octanol–water partition coefficient (Wildman–Crippen LogP) is 3.95. The van der Waals surface area contributed by atoms with E-state index in [2.05, 4.69) is 15.9 Å². The summed E-state index contributed by atoms with van der Waals surface area (Å²) in [4.78, 5) is -0.0473. The number of benzene rings is 1. The molecule has 0 amide bonds. The fraction of sp³-hybridized carbons (Fsp3) is 0.538. The maximum absolute atomic E-state index is 12.8. The summed E-state index contributed by atoms with van der Waals surface area (Å²) in [5.41, 5.74) is 0. The number of hydrogen-bond donors (Lipinski definition) is 0. The smallest absolute Gasteiger partial charge is 0.246 e. The lowest BCUT2D eigenvalue weighted by molar-refractivity contribution is 0.0947. The van der Waals surface area contributed by atoms with E-state index in [1.54, 1.807) is 6.92 Å². The first kappa shape index (κ1) is 17.5. The lowest BCUT2D eigenvalue weighted by Crippen LogP contribution is -2.37. The van der Waals surface area contributed by atoms with Crippen LogP contribution in [0.4, 0.5) is 0 Å². The zero-order valence-corrected chi connectivity index (χ0v) is 15.4. The molecule has 118 valence electrons. The molecule has 1 aliphatic heterocycles. The van der Waals surface area contributed by atoms with Crippen LogP contribution in [-0.2, 0) is 14.8 Å². The van der Waals surface area contributed by atoms with Gasteiger partial charge in [0.2, 0.25) is 10.0 Å². The molecule has 0 saturated carbocycles. The summed E-state index contributed by atoms with van der Waals surface area (Å²) in [6.45, 7) is 3.13. The van der Waals surface area contributed by atoms with Crippen molar-refractivity contribution < 1.29 is 13.2 Å². The molecular formula is C13H16BrCl2NO3S. The highest BCUT2D eigenvalue weighted by Crippen LogP contribution is 2.35. The van der Waals surface area contributed by atoms with Gasteiger partial charge in [-0.2, -0.15) is 4.31 Å². The maximum atomic E-state index is 12.8. The van der Waals surface area contributed by atoms with E-state index in [-0.39, 0.29) is 21.0 Å². The van der Waals surface area contributed by atoms with Gasteiger partial charge < -0.3 is 4.74 Å². The van der Waals surface area contributed by atoms with Gasteiger partial charge in [-0.3, -0.25) is 0 Å². The van der Waals surface area contributed by atoms with Crippen LogP contribution in [0.2, 0.25) is 10.0 Å². The van der Waals surface area contributed by atoms with E-state index in [4.69, 9.17) is 27.9 Å². The van der Waals surface area contributed by atoms with Crippen molar-refractivity contribution in [3.63, 3.8) is 0 Å². The molecule has 1 aromatic carbocycles. The van der Waals surface area contributed by atoms with Gasteiger partial charge in [0, 0.05) is 24.2 Å². The molecule has 0 bridgehead atoms. The molecule has 1 fully saturated rings. The second-order valence-electron chi connectivity index (χ2n) is 4.79. The Bertz CT molecular complexity index is 595. The van der Waals surface area contributed by atoms with Crippen molar-refractivity contribution in [1.82, 2.24) is 4.31 Å². The number of likely N-dealkylation sites (N-methyl/N-ethyl adjacent to an activating group) is 1. The molecule has 21 heavy (non-hydrogen) atoms. The van der Waals surface area contributed by atoms with Crippen LogP contribution in [0.5, 0.6) is 0 Å². The van der Waals surface area contributed by atoms with Crippen LogP contribution >= 0.6 is 39.1 Å². The van der Waals surface area contributed by atoms with Gasteiger partial charge in [-0.25, -0.2) is 8.42 Å². The van der Waals surface area contributed by atoms with E-state index in [0.717, 1.165) is 12.8 Å². The standard InChI is InChI=1S/C13H16BrCl2NO3S/c1-2-17(8-10-4-3-5-20-10)21(18,19)13-11(15)6-9(14)7-12(13)16/h6-7,10H,2-5,8H2,1H3. The highest BCUT2D eigenvalue weighted by atomic mass is 79.9. The zero-order valence-electron chi connectivity index (χ0n) is 11.5. The van der Waals surface area contributed by atoms with Crippen LogP contribution in [0.25, 0.3) is 0 Å². The molecule has 2 rings (SSSR count). The highest BCUT2D eigenvalue weighted by molar-refractivity contribution is 9.10. The quantitative estimate of drug-likeness (QED) is 0.729. The van der Waals surface area contributed by atoms with Crippen molar-refractivity contribution in [2.45, 2.75) is 30.8 Å². The molecule has 8 heteroatoms. The van der Waals surface area contributed by atoms with Crippen LogP contribution in [-0.4, -0.2) is 38.5 Å². The van der Waals surface area contributed by atoms with Crippen LogP contribution in [0.1, 0.15) is 19.8 Å². The largest absolute Gasteiger partial charge is 0.377 e. The van der Waals surface area contributed by atoms with E-state index in [9.17, 15) is 8.42 Å². The maximum Gasteiger partial charge on any atom is 0.246 e. The molecule has 0 aromatic heterocycles. The van der Waals surface area contributed by atoms with Crippen molar-refractivity contribution in [3.8, 4) is 0 Å². The highest BCUT2D eigenvalue weighted by Gasteiger charge is 2.31. The molecule has 0 radical (unpaired) electrons. The molecule has 4 nitrogen and oxygen atoms in total. The molecule has 1 heterocycles. The molecular weight excluding hydrogens is 401 g/mol. The lowest BCUT2D eigenvalue weighted by atomic mass is 10.2. The summed E-state index contributed by atoms with van der Waals surface area (Å²) < 4.78 is 33.1. The Morgan fingerprint density at radius 1 is 1.38 bits per heavy atom. The molecule has 1 atom stereocenters. The first-order chi connectivity index (χ1) is 9.86. The van der Waals surface area contributed by atoms with Crippen LogP contribution in [0.3, 0.4) is 0 Å². The van der Waals surface area contributed by atoms with E-state index < -0.39 is 10.0 Å². The summed E-state index contributed by atoms with van der Waals surface area (Å²) in [5.74, 6) is 0. The zero-order chi connectivity index (χ0) is 15.6. The van der Waals surface area contributed by atoms with E-state index in [1.165, 1.54) is 16.4 Å². The minimum absolute atomic E-state index is 0.0473. The topological polar surface area (TPSA) is 46.6 Å². The number of rotatable bonds is 5. The number of nitrogens with zero attached hydrogens (tertiary/aromatic N) is 1. The van der Waals surface area contributed by atoms with E-state index >= 15 is 0 Å². The van der Waals surface area contributed by atoms with E-state index in [0.29, 0.717) is 24.2 Å². The summed E-state index contributed by atoms with van der Waals surface area (Å²) >= 11 is 15.4. The monoisotopic (exact) mass is 415 g/mol. The van der Waals surface area contributed by atoms with Gasteiger partial charge in [-0.15, -0.1) is 0 Å². The van der Waals surface area contributed by atoms with Crippen molar-refractivity contribution >= 4 is 49.2 Å². The minimum Gasteiger partial charge on any atom is -0.377 e. The average molecular weight is 417 g/mol. The molecule has 1 unspecified atom stereocenters. The second kappa shape index (κ2) is 7.15.